The van der Waals surface area contributed by atoms with Crippen molar-refractivity contribution in [2.24, 2.45) is 18.0 Å². The van der Waals surface area contributed by atoms with Crippen LogP contribution < -0.4 is 15.5 Å². The zero-order valence-electron chi connectivity index (χ0n) is 19.3. The maximum atomic E-state index is 12.7. The van der Waals surface area contributed by atoms with E-state index in [0.29, 0.717) is 32.1 Å². The second kappa shape index (κ2) is 10.8. The molecule has 1 aliphatic rings. The summed E-state index contributed by atoms with van der Waals surface area (Å²) in [6.45, 7) is 8.59. The van der Waals surface area contributed by atoms with Gasteiger partial charge in [-0.3, -0.25) is 14.3 Å². The minimum absolute atomic E-state index is 0.0182. The third-order valence-electron chi connectivity index (χ3n) is 5.52. The van der Waals surface area contributed by atoms with E-state index in [0.717, 1.165) is 23.4 Å². The summed E-state index contributed by atoms with van der Waals surface area (Å²) in [7, 11) is 1.84. The molecule has 0 bridgehead atoms. The Morgan fingerprint density at radius 2 is 2.09 bits per heavy atom. The number of carbonyl (C=O) groups is 2. The molecule has 1 aliphatic heterocycles. The number of aliphatic imine (C=N–C) groups is 1. The summed E-state index contributed by atoms with van der Waals surface area (Å²) in [6.07, 6.45) is 4.36. The number of hydrogen-bond acceptors (Lipinski definition) is 4. The number of benzene rings is 1. The number of aromatic nitrogens is 2. The second-order valence-electron chi connectivity index (χ2n) is 8.01. The molecule has 9 nitrogen and oxygen atoms in total. The van der Waals surface area contributed by atoms with Crippen molar-refractivity contribution in [1.82, 2.24) is 20.0 Å². The van der Waals surface area contributed by atoms with Gasteiger partial charge in [-0.25, -0.2) is 4.99 Å². The molecule has 1 aromatic carbocycles. The lowest BCUT2D eigenvalue weighted by molar-refractivity contribution is -0.120. The summed E-state index contributed by atoms with van der Waals surface area (Å²) in [5, 5.41) is 10.4. The van der Waals surface area contributed by atoms with Gasteiger partial charge in [-0.05, 0) is 31.0 Å². The molecule has 1 aromatic heterocycles. The van der Waals surface area contributed by atoms with Gasteiger partial charge in [-0.2, -0.15) is 5.10 Å². The number of nitrogens with one attached hydrogen (secondary N) is 2. The Morgan fingerprint density at radius 3 is 2.75 bits per heavy atom. The SMILES string of the molecule is CCNC(=NCc1cccc(NC(=O)C(C)CC)c1)N1CCN(c2cnn(C)c2)C(=O)C1. The summed E-state index contributed by atoms with van der Waals surface area (Å²) in [5.41, 5.74) is 2.58. The first-order valence-electron chi connectivity index (χ1n) is 11.1. The molecular formula is C23H33N7O2. The van der Waals surface area contributed by atoms with Gasteiger partial charge in [-0.15, -0.1) is 0 Å². The fraction of sp³-hybridized carbons (Fsp3) is 0.478. The van der Waals surface area contributed by atoms with Gasteiger partial charge in [0.2, 0.25) is 11.8 Å². The zero-order valence-corrected chi connectivity index (χ0v) is 19.3. The Labute approximate surface area is 189 Å². The zero-order chi connectivity index (χ0) is 23.1. The number of carbonyl (C=O) groups excluding carboxylic acids is 2. The molecule has 1 saturated heterocycles. The number of guanidine groups is 1. The Kier molecular flexibility index (Phi) is 7.86. The highest BCUT2D eigenvalue weighted by molar-refractivity contribution is 5.98. The van der Waals surface area contributed by atoms with Crippen molar-refractivity contribution in [1.29, 1.82) is 0 Å². The third kappa shape index (κ3) is 5.87. The van der Waals surface area contributed by atoms with Crippen molar-refractivity contribution in [3.8, 4) is 0 Å². The molecule has 0 radical (unpaired) electrons. The molecule has 0 saturated carbocycles. The molecule has 0 spiro atoms. The lowest BCUT2D eigenvalue weighted by atomic mass is 10.1. The average Bonchev–Trinajstić information content (AvgIpc) is 3.22. The van der Waals surface area contributed by atoms with Crippen LogP contribution in [0, 0.1) is 5.92 Å². The monoisotopic (exact) mass is 439 g/mol. The standard InChI is InChI=1S/C23H33N7O2/c1-5-17(3)22(32)27-19-9-7-8-18(12-19)13-25-23(24-6-2)29-10-11-30(21(31)16-29)20-14-26-28(4)15-20/h7-9,12,14-15,17H,5-6,10-11,13,16H2,1-4H3,(H,24,25)(H,27,32). The van der Waals surface area contributed by atoms with E-state index in [1.165, 1.54) is 0 Å². The molecule has 2 heterocycles. The summed E-state index contributed by atoms with van der Waals surface area (Å²) in [4.78, 5) is 33.4. The normalized spacial score (nSPS) is 15.6. The van der Waals surface area contributed by atoms with E-state index >= 15 is 0 Å². The molecule has 2 N–H and O–H groups in total. The van der Waals surface area contributed by atoms with Crippen molar-refractivity contribution in [2.75, 3.05) is 36.4 Å². The van der Waals surface area contributed by atoms with Gasteiger partial charge in [0.05, 0.1) is 18.4 Å². The first kappa shape index (κ1) is 23.3. The Morgan fingerprint density at radius 1 is 1.28 bits per heavy atom. The molecule has 3 rings (SSSR count). The van der Waals surface area contributed by atoms with Crippen LogP contribution in [0.25, 0.3) is 0 Å². The maximum Gasteiger partial charge on any atom is 0.246 e. The largest absolute Gasteiger partial charge is 0.356 e. The highest BCUT2D eigenvalue weighted by Gasteiger charge is 2.27. The van der Waals surface area contributed by atoms with Crippen molar-refractivity contribution >= 4 is 29.1 Å². The Bertz CT molecular complexity index is 969. The number of rotatable bonds is 7. The Hall–Kier alpha value is -3.36. The molecule has 1 atom stereocenters. The van der Waals surface area contributed by atoms with Crippen LogP contribution in [0.5, 0.6) is 0 Å². The van der Waals surface area contributed by atoms with E-state index in [1.807, 2.05) is 63.2 Å². The quantitative estimate of drug-likeness (QED) is 0.510. The Balaban J connectivity index is 1.66. The van der Waals surface area contributed by atoms with Gasteiger partial charge in [-0.1, -0.05) is 26.0 Å². The van der Waals surface area contributed by atoms with Gasteiger partial charge < -0.3 is 20.4 Å². The lowest BCUT2D eigenvalue weighted by Gasteiger charge is -2.35. The molecular weight excluding hydrogens is 406 g/mol. The average molecular weight is 440 g/mol. The minimum Gasteiger partial charge on any atom is -0.356 e. The van der Waals surface area contributed by atoms with Gasteiger partial charge >= 0.3 is 0 Å². The van der Waals surface area contributed by atoms with Crippen LogP contribution in [0.2, 0.25) is 0 Å². The van der Waals surface area contributed by atoms with Crippen molar-refractivity contribution in [3.63, 3.8) is 0 Å². The predicted molar refractivity (Wildman–Crippen MR) is 126 cm³/mol. The predicted octanol–water partition coefficient (Wildman–Crippen LogP) is 2.22. The van der Waals surface area contributed by atoms with Gasteiger partial charge in [0.1, 0.15) is 6.54 Å². The first-order chi connectivity index (χ1) is 15.4. The number of piperazine rings is 1. The summed E-state index contributed by atoms with van der Waals surface area (Å²) in [6, 6.07) is 7.73. The van der Waals surface area contributed by atoms with E-state index < -0.39 is 0 Å². The van der Waals surface area contributed by atoms with E-state index in [-0.39, 0.29) is 24.3 Å². The molecule has 2 aromatic rings. The molecule has 0 aliphatic carbocycles. The van der Waals surface area contributed by atoms with Crippen LogP contribution in [0.15, 0.2) is 41.7 Å². The smallest absolute Gasteiger partial charge is 0.246 e. The molecule has 2 amide bonds. The van der Waals surface area contributed by atoms with Crippen LogP contribution >= 0.6 is 0 Å². The number of anilines is 2. The topological polar surface area (TPSA) is 94.9 Å². The van der Waals surface area contributed by atoms with Crippen molar-refractivity contribution in [3.05, 3.63) is 42.2 Å². The highest BCUT2D eigenvalue weighted by atomic mass is 16.2. The summed E-state index contributed by atoms with van der Waals surface area (Å²) >= 11 is 0. The minimum atomic E-state index is -0.0279. The molecule has 32 heavy (non-hydrogen) atoms. The summed E-state index contributed by atoms with van der Waals surface area (Å²) < 4.78 is 1.69. The van der Waals surface area contributed by atoms with Crippen LogP contribution in [-0.4, -0.2) is 58.6 Å². The van der Waals surface area contributed by atoms with Crippen molar-refractivity contribution < 1.29 is 9.59 Å². The number of amides is 2. The van der Waals surface area contributed by atoms with Gasteiger partial charge in [0.25, 0.3) is 0 Å². The first-order valence-corrected chi connectivity index (χ1v) is 11.1. The maximum absolute atomic E-state index is 12.7. The van der Waals surface area contributed by atoms with E-state index in [4.69, 9.17) is 4.99 Å². The van der Waals surface area contributed by atoms with Gasteiger partial charge in [0, 0.05) is 44.5 Å². The highest BCUT2D eigenvalue weighted by Crippen LogP contribution is 2.17. The second-order valence-corrected chi connectivity index (χ2v) is 8.01. The molecule has 1 fully saturated rings. The van der Waals surface area contributed by atoms with Crippen LogP contribution in [-0.2, 0) is 23.2 Å². The number of nitrogens with zero attached hydrogens (tertiary/aromatic N) is 5. The van der Waals surface area contributed by atoms with E-state index in [9.17, 15) is 9.59 Å². The van der Waals surface area contributed by atoms with Gasteiger partial charge in [0.15, 0.2) is 5.96 Å². The molecule has 1 unspecified atom stereocenters. The number of aryl methyl sites for hydroxylation is 1. The fourth-order valence-corrected chi connectivity index (χ4v) is 3.46. The fourth-order valence-electron chi connectivity index (χ4n) is 3.46. The molecule has 9 heteroatoms. The number of hydrogen-bond donors (Lipinski definition) is 2. The van der Waals surface area contributed by atoms with Crippen LogP contribution in [0.4, 0.5) is 11.4 Å². The third-order valence-corrected chi connectivity index (χ3v) is 5.52. The van der Waals surface area contributed by atoms with E-state index in [1.54, 1.807) is 15.8 Å². The van der Waals surface area contributed by atoms with Crippen LogP contribution in [0.1, 0.15) is 32.8 Å². The van der Waals surface area contributed by atoms with Crippen molar-refractivity contribution in [2.45, 2.75) is 33.7 Å². The molecule has 172 valence electrons. The lowest BCUT2D eigenvalue weighted by Crippen LogP contribution is -2.55. The summed E-state index contributed by atoms with van der Waals surface area (Å²) in [5.74, 6) is 0.719. The van der Waals surface area contributed by atoms with Crippen LogP contribution in [0.3, 0.4) is 0 Å². The van der Waals surface area contributed by atoms with E-state index in [2.05, 4.69) is 15.7 Å².